The average molecular weight is 933 g/mol. The number of hydrogen-bond acceptors (Lipinski definition) is 6. The minimum absolute atomic E-state index is 0.0999. The lowest BCUT2D eigenvalue weighted by atomic mass is 10.0. The molecule has 0 amide bonds. The molecule has 0 rings (SSSR count). The monoisotopic (exact) mass is 933 g/mol. The Hall–Kier alpha value is -3.41. The van der Waals surface area contributed by atoms with Crippen molar-refractivity contribution in [3.05, 3.63) is 85.1 Å². The maximum absolute atomic E-state index is 12.8. The molecule has 67 heavy (non-hydrogen) atoms. The van der Waals surface area contributed by atoms with Crippen molar-refractivity contribution in [1.82, 2.24) is 0 Å². The smallest absolute Gasteiger partial charge is 0.306 e. The maximum atomic E-state index is 12.8. The molecule has 384 valence electrons. The highest BCUT2D eigenvalue weighted by Gasteiger charge is 2.19. The van der Waals surface area contributed by atoms with Gasteiger partial charge < -0.3 is 14.2 Å². The highest BCUT2D eigenvalue weighted by atomic mass is 16.6. The summed E-state index contributed by atoms with van der Waals surface area (Å²) in [5.41, 5.74) is 0. The molecule has 0 aliphatic carbocycles. The van der Waals surface area contributed by atoms with E-state index < -0.39 is 6.10 Å². The van der Waals surface area contributed by atoms with Gasteiger partial charge in [0.05, 0.1) is 0 Å². The van der Waals surface area contributed by atoms with Crippen LogP contribution in [-0.4, -0.2) is 37.2 Å². The summed E-state index contributed by atoms with van der Waals surface area (Å²) in [7, 11) is 0. The van der Waals surface area contributed by atoms with E-state index in [1.807, 2.05) is 0 Å². The third-order valence-corrected chi connectivity index (χ3v) is 11.9. The summed E-state index contributed by atoms with van der Waals surface area (Å²) in [6, 6.07) is 0. The molecule has 0 spiro atoms. The summed E-state index contributed by atoms with van der Waals surface area (Å²) in [5.74, 6) is -0.961. The Morgan fingerprint density at radius 2 is 0.597 bits per heavy atom. The highest BCUT2D eigenvalue weighted by Crippen LogP contribution is 2.15. The zero-order valence-corrected chi connectivity index (χ0v) is 43.9. The fourth-order valence-electron chi connectivity index (χ4n) is 7.68. The number of carbonyl (C=O) groups excluding carboxylic acids is 3. The molecule has 0 fully saturated rings. The largest absolute Gasteiger partial charge is 0.462 e. The predicted molar refractivity (Wildman–Crippen MR) is 288 cm³/mol. The van der Waals surface area contributed by atoms with Crippen molar-refractivity contribution in [2.45, 2.75) is 271 Å². The highest BCUT2D eigenvalue weighted by molar-refractivity contribution is 5.71. The Morgan fingerprint density at radius 1 is 0.313 bits per heavy atom. The van der Waals surface area contributed by atoms with Gasteiger partial charge in [-0.15, -0.1) is 0 Å². The Morgan fingerprint density at radius 3 is 0.970 bits per heavy atom. The van der Waals surface area contributed by atoms with Crippen LogP contribution < -0.4 is 0 Å². The van der Waals surface area contributed by atoms with Gasteiger partial charge in [-0.05, 0) is 89.9 Å². The molecule has 0 radical (unpaired) electrons. The molecule has 0 N–H and O–H groups in total. The first kappa shape index (κ1) is 63.6. The van der Waals surface area contributed by atoms with Crippen LogP contribution in [0.2, 0.25) is 0 Å². The van der Waals surface area contributed by atoms with Gasteiger partial charge in [-0.3, -0.25) is 14.4 Å². The fraction of sp³-hybridized carbons (Fsp3) is 0.721. The first-order chi connectivity index (χ1) is 33.0. The van der Waals surface area contributed by atoms with E-state index in [1.54, 1.807) is 0 Å². The summed E-state index contributed by atoms with van der Waals surface area (Å²) in [4.78, 5) is 38.1. The van der Waals surface area contributed by atoms with Gasteiger partial charge in [-0.1, -0.05) is 241 Å². The lowest BCUT2D eigenvalue weighted by molar-refractivity contribution is -0.167. The molecular weight excluding hydrogens is 829 g/mol. The summed E-state index contributed by atoms with van der Waals surface area (Å²) in [5, 5.41) is 0. The third-order valence-electron chi connectivity index (χ3n) is 11.9. The normalized spacial score (nSPS) is 12.7. The Balaban J connectivity index is 4.47. The third kappa shape index (κ3) is 53.4. The van der Waals surface area contributed by atoms with Crippen LogP contribution in [0.4, 0.5) is 0 Å². The molecule has 0 aromatic carbocycles. The number of allylic oxidation sites excluding steroid dienone is 14. The van der Waals surface area contributed by atoms with E-state index >= 15 is 0 Å². The van der Waals surface area contributed by atoms with Gasteiger partial charge in [0, 0.05) is 19.3 Å². The minimum atomic E-state index is -0.808. The van der Waals surface area contributed by atoms with E-state index in [9.17, 15) is 14.4 Å². The molecule has 1 unspecified atom stereocenters. The Kier molecular flexibility index (Phi) is 52.4. The number of carbonyl (C=O) groups is 3. The maximum Gasteiger partial charge on any atom is 0.306 e. The van der Waals surface area contributed by atoms with Gasteiger partial charge in [0.2, 0.25) is 0 Å². The van der Waals surface area contributed by atoms with Gasteiger partial charge in [-0.25, -0.2) is 0 Å². The lowest BCUT2D eigenvalue weighted by Gasteiger charge is -2.18. The average Bonchev–Trinajstić information content (AvgIpc) is 3.33. The first-order valence-electron chi connectivity index (χ1n) is 28.1. The zero-order valence-electron chi connectivity index (χ0n) is 43.9. The molecule has 0 heterocycles. The number of unbranched alkanes of at least 4 members (excludes halogenated alkanes) is 25. The van der Waals surface area contributed by atoms with Crippen molar-refractivity contribution in [2.24, 2.45) is 0 Å². The molecule has 0 aliphatic heterocycles. The number of hydrogen-bond donors (Lipinski definition) is 0. The van der Waals surface area contributed by atoms with Gasteiger partial charge in [0.1, 0.15) is 13.2 Å². The van der Waals surface area contributed by atoms with Crippen LogP contribution in [0.3, 0.4) is 0 Å². The summed E-state index contributed by atoms with van der Waals surface area (Å²) in [6.45, 7) is 6.47. The van der Waals surface area contributed by atoms with Crippen LogP contribution in [0.25, 0.3) is 0 Å². The Bertz CT molecular complexity index is 1300. The lowest BCUT2D eigenvalue weighted by Crippen LogP contribution is -2.30. The molecule has 6 heteroatoms. The van der Waals surface area contributed by atoms with Gasteiger partial charge in [0.25, 0.3) is 0 Å². The van der Waals surface area contributed by atoms with E-state index in [0.717, 1.165) is 89.9 Å². The van der Waals surface area contributed by atoms with E-state index in [1.165, 1.54) is 128 Å². The topological polar surface area (TPSA) is 78.9 Å². The van der Waals surface area contributed by atoms with Crippen LogP contribution in [0.1, 0.15) is 265 Å². The van der Waals surface area contributed by atoms with E-state index in [4.69, 9.17) is 14.2 Å². The summed E-state index contributed by atoms with van der Waals surface area (Å²) in [6.07, 6.45) is 71.4. The molecule has 0 aromatic rings. The van der Waals surface area contributed by atoms with Crippen LogP contribution in [0, 0.1) is 0 Å². The van der Waals surface area contributed by atoms with Gasteiger partial charge in [-0.2, -0.15) is 0 Å². The van der Waals surface area contributed by atoms with Crippen molar-refractivity contribution in [3.63, 3.8) is 0 Å². The molecule has 0 aromatic heterocycles. The standard InChI is InChI=1S/C61H104O6/c1-4-7-10-13-16-19-22-25-28-30-32-33-36-39-42-45-48-51-54-60(63)66-57-58(56-65-59(62)53-50-47-44-41-38-35-27-24-21-18-15-12-9-6-3)67-61(64)55-52-49-46-43-40-37-34-31-29-26-23-20-17-14-11-8-5-2/h8,11,17,19-20,22,26,28-30,34,37,43,46,58H,4-7,9-10,12-16,18,21,23-25,27,31-33,35-36,38-42,44-45,47-57H2,1-3H3/b11-8-,20-17-,22-19-,29-26-,30-28-,37-34-,46-43-. The minimum Gasteiger partial charge on any atom is -0.462 e. The van der Waals surface area contributed by atoms with Crippen LogP contribution in [0.5, 0.6) is 0 Å². The van der Waals surface area contributed by atoms with Gasteiger partial charge >= 0.3 is 17.9 Å². The molecule has 0 aliphatic rings. The van der Waals surface area contributed by atoms with Crippen molar-refractivity contribution < 1.29 is 28.6 Å². The van der Waals surface area contributed by atoms with Crippen molar-refractivity contribution in [1.29, 1.82) is 0 Å². The fourth-order valence-corrected chi connectivity index (χ4v) is 7.68. The van der Waals surface area contributed by atoms with E-state index in [2.05, 4.69) is 106 Å². The summed E-state index contributed by atoms with van der Waals surface area (Å²) >= 11 is 0. The number of esters is 3. The van der Waals surface area contributed by atoms with E-state index in [-0.39, 0.29) is 37.5 Å². The van der Waals surface area contributed by atoms with Crippen molar-refractivity contribution in [2.75, 3.05) is 13.2 Å². The second-order valence-electron chi connectivity index (χ2n) is 18.5. The second-order valence-corrected chi connectivity index (χ2v) is 18.5. The van der Waals surface area contributed by atoms with Gasteiger partial charge in [0.15, 0.2) is 6.10 Å². The quantitative estimate of drug-likeness (QED) is 0.0262. The summed E-state index contributed by atoms with van der Waals surface area (Å²) < 4.78 is 16.8. The molecule has 0 saturated heterocycles. The molecular formula is C61H104O6. The molecule has 0 saturated carbocycles. The second kappa shape index (κ2) is 55.2. The Labute approximate surface area is 414 Å². The van der Waals surface area contributed by atoms with Crippen LogP contribution in [0.15, 0.2) is 85.1 Å². The first-order valence-corrected chi connectivity index (χ1v) is 28.1. The van der Waals surface area contributed by atoms with Crippen molar-refractivity contribution >= 4 is 17.9 Å². The van der Waals surface area contributed by atoms with Crippen molar-refractivity contribution in [3.8, 4) is 0 Å². The van der Waals surface area contributed by atoms with Crippen LogP contribution >= 0.6 is 0 Å². The molecule has 6 nitrogen and oxygen atoms in total. The van der Waals surface area contributed by atoms with E-state index in [0.29, 0.717) is 19.3 Å². The zero-order chi connectivity index (χ0) is 48.6. The van der Waals surface area contributed by atoms with Crippen LogP contribution in [-0.2, 0) is 28.6 Å². The number of ether oxygens (including phenoxy) is 3. The number of rotatable bonds is 50. The molecule has 0 bridgehead atoms. The molecule has 1 atom stereocenters. The SMILES string of the molecule is CC/C=C\C/C=C\C/C=C\C/C=C\C/C=C\CCCC(=O)OC(COC(=O)CCCCCCCCC/C=C\C/C=C\CCCCCC)COC(=O)CCCCCCCCCCCCCCCC. The predicted octanol–water partition coefficient (Wildman–Crippen LogP) is 18.8.